The van der Waals surface area contributed by atoms with E-state index in [1.807, 2.05) is 30.3 Å². The minimum atomic E-state index is -0.129. The Hall–Kier alpha value is -1.99. The maximum atomic E-state index is 12.1. The van der Waals surface area contributed by atoms with Crippen molar-refractivity contribution >= 4 is 6.03 Å². The fourth-order valence-corrected chi connectivity index (χ4v) is 3.72. The van der Waals surface area contributed by atoms with Crippen molar-refractivity contribution in [3.63, 3.8) is 0 Å². The van der Waals surface area contributed by atoms with E-state index in [1.165, 1.54) is 19.3 Å². The Morgan fingerprint density at radius 3 is 2.79 bits per heavy atom. The molecule has 128 valence electrons. The normalized spacial score (nSPS) is 22.2. The highest BCUT2D eigenvalue weighted by molar-refractivity contribution is 5.74. The predicted octanol–water partition coefficient (Wildman–Crippen LogP) is 3.22. The van der Waals surface area contributed by atoms with Crippen LogP contribution in [-0.2, 0) is 4.74 Å². The number of hydrogen-bond donors (Lipinski definition) is 2. The molecule has 1 saturated heterocycles. The van der Waals surface area contributed by atoms with Gasteiger partial charge in [-0.2, -0.15) is 0 Å². The molecule has 1 aromatic carbocycles. The molecule has 1 saturated carbocycles. The van der Waals surface area contributed by atoms with Gasteiger partial charge in [0.2, 0.25) is 0 Å². The summed E-state index contributed by atoms with van der Waals surface area (Å²) in [4.78, 5) is 12.1. The van der Waals surface area contributed by atoms with Crippen LogP contribution < -0.4 is 10.6 Å². The van der Waals surface area contributed by atoms with E-state index in [9.17, 15) is 4.79 Å². The number of benzene rings is 1. The second kappa shape index (κ2) is 8.21. The largest absolute Gasteiger partial charge is 0.375 e. The highest BCUT2D eigenvalue weighted by Gasteiger charge is 2.38. The van der Waals surface area contributed by atoms with Crippen LogP contribution in [0.25, 0.3) is 0 Å². The molecule has 1 aliphatic carbocycles. The summed E-state index contributed by atoms with van der Waals surface area (Å²) in [5, 5.41) is 5.92. The molecular weight excluding hydrogens is 300 g/mol. The maximum Gasteiger partial charge on any atom is 0.315 e. The molecule has 1 spiro atoms. The van der Waals surface area contributed by atoms with Gasteiger partial charge in [-0.15, -0.1) is 0 Å². The summed E-state index contributed by atoms with van der Waals surface area (Å²) in [6.07, 6.45) is 7.90. The summed E-state index contributed by atoms with van der Waals surface area (Å²) in [5.74, 6) is 6.02. The number of ether oxygens (including phenoxy) is 1. The Labute approximate surface area is 144 Å². The Kier molecular flexibility index (Phi) is 5.77. The van der Waals surface area contributed by atoms with Crippen LogP contribution in [0, 0.1) is 11.8 Å². The van der Waals surface area contributed by atoms with Crippen LogP contribution in [-0.4, -0.2) is 30.8 Å². The van der Waals surface area contributed by atoms with Gasteiger partial charge in [-0.3, -0.25) is 0 Å². The van der Waals surface area contributed by atoms with Crippen LogP contribution in [0.1, 0.15) is 50.5 Å². The Morgan fingerprint density at radius 2 is 2.00 bits per heavy atom. The lowest BCUT2D eigenvalue weighted by atomic mass is 9.78. The average molecular weight is 326 g/mol. The van der Waals surface area contributed by atoms with E-state index in [1.54, 1.807) is 0 Å². The minimum absolute atomic E-state index is 0.0154. The highest BCUT2D eigenvalue weighted by Crippen LogP contribution is 2.38. The monoisotopic (exact) mass is 326 g/mol. The van der Waals surface area contributed by atoms with E-state index < -0.39 is 0 Å². The molecule has 24 heavy (non-hydrogen) atoms. The van der Waals surface area contributed by atoms with Crippen LogP contribution in [0.4, 0.5) is 4.79 Å². The first kappa shape index (κ1) is 16.9. The number of amides is 2. The van der Waals surface area contributed by atoms with Gasteiger partial charge in [0.15, 0.2) is 0 Å². The van der Waals surface area contributed by atoms with E-state index in [-0.39, 0.29) is 17.7 Å². The van der Waals surface area contributed by atoms with Crippen molar-refractivity contribution in [3.05, 3.63) is 35.9 Å². The molecule has 2 N–H and O–H groups in total. The molecule has 2 amide bonds. The summed E-state index contributed by atoms with van der Waals surface area (Å²) >= 11 is 0. The zero-order valence-electron chi connectivity index (χ0n) is 14.1. The second-order valence-corrected chi connectivity index (χ2v) is 6.78. The molecule has 4 nitrogen and oxygen atoms in total. The van der Waals surface area contributed by atoms with Gasteiger partial charge in [0.05, 0.1) is 12.1 Å². The summed E-state index contributed by atoms with van der Waals surface area (Å²) in [6.45, 7) is 1.11. The number of rotatable bonds is 2. The van der Waals surface area contributed by atoms with Crippen molar-refractivity contribution in [2.75, 3.05) is 13.2 Å². The lowest BCUT2D eigenvalue weighted by molar-refractivity contribution is -0.107. The summed E-state index contributed by atoms with van der Waals surface area (Å²) in [6, 6.07) is 9.86. The third-order valence-corrected chi connectivity index (χ3v) is 4.94. The zero-order valence-corrected chi connectivity index (χ0v) is 14.1. The Balaban J connectivity index is 1.42. The van der Waals surface area contributed by atoms with Gasteiger partial charge in [0.1, 0.15) is 0 Å². The first-order valence-corrected chi connectivity index (χ1v) is 8.98. The van der Waals surface area contributed by atoms with Gasteiger partial charge in [0.25, 0.3) is 0 Å². The minimum Gasteiger partial charge on any atom is -0.375 e. The molecule has 3 rings (SSSR count). The van der Waals surface area contributed by atoms with Crippen LogP contribution in [0.15, 0.2) is 30.3 Å². The van der Waals surface area contributed by atoms with Crippen LogP contribution in [0.2, 0.25) is 0 Å². The lowest BCUT2D eigenvalue weighted by Gasteiger charge is -2.43. The molecule has 0 radical (unpaired) electrons. The second-order valence-electron chi connectivity index (χ2n) is 6.78. The van der Waals surface area contributed by atoms with Gasteiger partial charge in [-0.05, 0) is 37.8 Å². The molecule has 2 aliphatic rings. The summed E-state index contributed by atoms with van der Waals surface area (Å²) < 4.78 is 6.07. The molecule has 1 atom stereocenters. The quantitative estimate of drug-likeness (QED) is 0.820. The lowest BCUT2D eigenvalue weighted by Crippen LogP contribution is -2.51. The van der Waals surface area contributed by atoms with Gasteiger partial charge >= 0.3 is 6.03 Å². The molecule has 0 unspecified atom stereocenters. The molecule has 0 bridgehead atoms. The predicted molar refractivity (Wildman–Crippen MR) is 94.6 cm³/mol. The average Bonchev–Trinajstić information content (AvgIpc) is 2.60. The molecular formula is C20H26N2O2. The van der Waals surface area contributed by atoms with Gasteiger partial charge < -0.3 is 15.4 Å². The molecule has 1 heterocycles. The van der Waals surface area contributed by atoms with E-state index >= 15 is 0 Å². The first-order valence-electron chi connectivity index (χ1n) is 8.98. The van der Waals surface area contributed by atoms with Crippen molar-refractivity contribution in [2.45, 2.75) is 56.6 Å². The van der Waals surface area contributed by atoms with Crippen molar-refractivity contribution in [1.82, 2.24) is 10.6 Å². The van der Waals surface area contributed by atoms with Crippen molar-refractivity contribution in [2.24, 2.45) is 0 Å². The topological polar surface area (TPSA) is 50.4 Å². The van der Waals surface area contributed by atoms with Crippen LogP contribution in [0.3, 0.4) is 0 Å². The number of urea groups is 1. The Bertz CT molecular complexity index is 592. The third-order valence-electron chi connectivity index (χ3n) is 4.94. The van der Waals surface area contributed by atoms with E-state index in [4.69, 9.17) is 4.74 Å². The summed E-state index contributed by atoms with van der Waals surface area (Å²) in [7, 11) is 0. The van der Waals surface area contributed by atoms with Gasteiger partial charge in [0, 0.05) is 18.2 Å². The van der Waals surface area contributed by atoms with Crippen molar-refractivity contribution < 1.29 is 9.53 Å². The fraction of sp³-hybridized carbons (Fsp3) is 0.550. The molecule has 0 aromatic heterocycles. The smallest absolute Gasteiger partial charge is 0.315 e. The highest BCUT2D eigenvalue weighted by atomic mass is 16.5. The van der Waals surface area contributed by atoms with Gasteiger partial charge in [-0.1, -0.05) is 49.3 Å². The van der Waals surface area contributed by atoms with E-state index in [0.29, 0.717) is 6.54 Å². The van der Waals surface area contributed by atoms with Crippen molar-refractivity contribution in [3.8, 4) is 11.8 Å². The standard InChI is InChI=1S/C20H26N2O2/c23-19(21-14-7-10-17-8-3-1-4-9-17)22-18-11-15-24-20(16-18)12-5-2-6-13-20/h1,3-4,8-9,18H,2,5-6,11-16H2,(H2,21,22,23)/t18-/m1/s1. The maximum absolute atomic E-state index is 12.1. The molecule has 4 heteroatoms. The molecule has 1 aromatic rings. The molecule has 1 aliphatic heterocycles. The number of nitrogens with one attached hydrogen (secondary N) is 2. The molecule has 2 fully saturated rings. The fourth-order valence-electron chi connectivity index (χ4n) is 3.72. The number of hydrogen-bond acceptors (Lipinski definition) is 2. The van der Waals surface area contributed by atoms with Gasteiger partial charge in [-0.25, -0.2) is 4.79 Å². The van der Waals surface area contributed by atoms with E-state index in [2.05, 4.69) is 22.5 Å². The van der Waals surface area contributed by atoms with E-state index in [0.717, 1.165) is 37.9 Å². The zero-order chi connectivity index (χ0) is 16.7. The SMILES string of the molecule is O=C(NCC#Cc1ccccc1)N[C@@H]1CCOC2(CCCCC2)C1. The van der Waals surface area contributed by atoms with Crippen LogP contribution in [0.5, 0.6) is 0 Å². The Morgan fingerprint density at radius 1 is 1.21 bits per heavy atom. The summed E-state index contributed by atoms with van der Waals surface area (Å²) in [5.41, 5.74) is 0.977. The first-order chi connectivity index (χ1) is 11.8. The van der Waals surface area contributed by atoms with Crippen molar-refractivity contribution in [1.29, 1.82) is 0 Å². The van der Waals surface area contributed by atoms with Crippen LogP contribution >= 0.6 is 0 Å². The number of carbonyl (C=O) groups is 1. The third kappa shape index (κ3) is 4.75. The number of carbonyl (C=O) groups excluding carboxylic acids is 1.